The molecule has 0 unspecified atom stereocenters. The zero-order chi connectivity index (χ0) is 12.1. The first-order valence-corrected chi connectivity index (χ1v) is 6.49. The molecule has 0 fully saturated rings. The normalized spacial score (nSPS) is 9.88. The van der Waals surface area contributed by atoms with E-state index >= 15 is 0 Å². The van der Waals surface area contributed by atoms with Crippen LogP contribution in [0.5, 0.6) is 0 Å². The summed E-state index contributed by atoms with van der Waals surface area (Å²) >= 11 is 1.72. The Morgan fingerprint density at radius 1 is 1.35 bits per heavy atom. The van der Waals surface area contributed by atoms with E-state index in [4.69, 9.17) is 5.26 Å². The molecule has 1 heterocycles. The van der Waals surface area contributed by atoms with Crippen LogP contribution in [0.4, 0.5) is 5.69 Å². The molecule has 17 heavy (non-hydrogen) atoms. The van der Waals surface area contributed by atoms with Crippen LogP contribution in [0.2, 0.25) is 0 Å². The van der Waals surface area contributed by atoms with Crippen molar-refractivity contribution >= 4 is 17.0 Å². The van der Waals surface area contributed by atoms with E-state index in [2.05, 4.69) is 28.2 Å². The van der Waals surface area contributed by atoms with Gasteiger partial charge in [-0.15, -0.1) is 0 Å². The van der Waals surface area contributed by atoms with Gasteiger partial charge in [0, 0.05) is 6.54 Å². The monoisotopic (exact) mass is 242 g/mol. The first-order valence-electron chi connectivity index (χ1n) is 5.55. The van der Waals surface area contributed by atoms with Gasteiger partial charge in [-0.25, -0.2) is 0 Å². The predicted molar refractivity (Wildman–Crippen MR) is 72.4 cm³/mol. The van der Waals surface area contributed by atoms with Gasteiger partial charge in [0.25, 0.3) is 0 Å². The Morgan fingerprint density at radius 2 is 2.24 bits per heavy atom. The van der Waals surface area contributed by atoms with Crippen LogP contribution >= 0.6 is 11.3 Å². The van der Waals surface area contributed by atoms with Crippen molar-refractivity contribution in [1.29, 1.82) is 5.26 Å². The highest BCUT2D eigenvalue weighted by Crippen LogP contribution is 2.16. The quantitative estimate of drug-likeness (QED) is 0.889. The topological polar surface area (TPSA) is 35.8 Å². The fraction of sp³-hybridized carbons (Fsp3) is 0.214. The largest absolute Gasteiger partial charge is 0.384 e. The Hall–Kier alpha value is -1.79. The molecule has 0 aliphatic carbocycles. The summed E-state index contributed by atoms with van der Waals surface area (Å²) in [5.74, 6) is 0. The molecule has 86 valence electrons. The molecule has 0 saturated heterocycles. The minimum absolute atomic E-state index is 0.718. The SMILES string of the molecule is Cc1ccc(NCCc2ccsc2)c(C#N)c1. The number of nitrogens with one attached hydrogen (secondary N) is 1. The van der Waals surface area contributed by atoms with E-state index < -0.39 is 0 Å². The molecule has 1 N–H and O–H groups in total. The van der Waals surface area contributed by atoms with Crippen molar-refractivity contribution in [3.63, 3.8) is 0 Å². The highest BCUT2D eigenvalue weighted by molar-refractivity contribution is 7.07. The molecule has 0 spiro atoms. The summed E-state index contributed by atoms with van der Waals surface area (Å²) in [6.07, 6.45) is 0.988. The molecule has 0 amide bonds. The van der Waals surface area contributed by atoms with Crippen molar-refractivity contribution in [2.75, 3.05) is 11.9 Å². The number of nitrogens with zero attached hydrogens (tertiary/aromatic N) is 1. The first-order chi connectivity index (χ1) is 8.29. The van der Waals surface area contributed by atoms with Gasteiger partial charge in [-0.1, -0.05) is 6.07 Å². The van der Waals surface area contributed by atoms with Crippen molar-refractivity contribution in [2.45, 2.75) is 13.3 Å². The highest BCUT2D eigenvalue weighted by atomic mass is 32.1. The van der Waals surface area contributed by atoms with Gasteiger partial charge < -0.3 is 5.32 Å². The highest BCUT2D eigenvalue weighted by Gasteiger charge is 2.01. The van der Waals surface area contributed by atoms with E-state index in [1.807, 2.05) is 25.1 Å². The molecule has 0 aliphatic heterocycles. The summed E-state index contributed by atoms with van der Waals surface area (Å²) in [5.41, 5.74) is 4.10. The van der Waals surface area contributed by atoms with Crippen LogP contribution in [0, 0.1) is 18.3 Å². The van der Waals surface area contributed by atoms with Gasteiger partial charge in [0.1, 0.15) is 6.07 Å². The van der Waals surface area contributed by atoms with Crippen LogP contribution in [-0.2, 0) is 6.42 Å². The third-order valence-corrected chi connectivity index (χ3v) is 3.34. The molecule has 0 atom stereocenters. The van der Waals surface area contributed by atoms with Crippen LogP contribution in [0.15, 0.2) is 35.0 Å². The lowest BCUT2D eigenvalue weighted by Gasteiger charge is -2.08. The second kappa shape index (κ2) is 5.51. The van der Waals surface area contributed by atoms with Gasteiger partial charge >= 0.3 is 0 Å². The van der Waals surface area contributed by atoms with Crippen molar-refractivity contribution in [2.24, 2.45) is 0 Å². The summed E-state index contributed by atoms with van der Waals surface area (Å²) in [5, 5.41) is 16.6. The summed E-state index contributed by atoms with van der Waals surface area (Å²) in [6, 6.07) is 10.3. The summed E-state index contributed by atoms with van der Waals surface area (Å²) in [7, 11) is 0. The number of hydrogen-bond acceptors (Lipinski definition) is 3. The lowest BCUT2D eigenvalue weighted by Crippen LogP contribution is -2.05. The van der Waals surface area contributed by atoms with Gasteiger partial charge in [-0.2, -0.15) is 16.6 Å². The fourth-order valence-electron chi connectivity index (χ4n) is 1.68. The molecule has 1 aromatic heterocycles. The van der Waals surface area contributed by atoms with Crippen molar-refractivity contribution in [3.05, 3.63) is 51.7 Å². The molecule has 1 aromatic carbocycles. The van der Waals surface area contributed by atoms with E-state index in [1.54, 1.807) is 11.3 Å². The summed E-state index contributed by atoms with van der Waals surface area (Å²) in [6.45, 7) is 2.85. The Kier molecular flexibility index (Phi) is 3.79. The summed E-state index contributed by atoms with van der Waals surface area (Å²) < 4.78 is 0. The summed E-state index contributed by atoms with van der Waals surface area (Å²) in [4.78, 5) is 0. The number of nitriles is 1. The number of benzene rings is 1. The Bertz CT molecular complexity index is 524. The molecule has 2 aromatic rings. The van der Waals surface area contributed by atoms with Crippen LogP contribution in [-0.4, -0.2) is 6.54 Å². The molecule has 0 aliphatic rings. The second-order valence-electron chi connectivity index (χ2n) is 3.97. The molecular formula is C14H14N2S. The molecule has 3 heteroatoms. The van der Waals surface area contributed by atoms with Crippen LogP contribution < -0.4 is 5.32 Å². The van der Waals surface area contributed by atoms with Crippen LogP contribution in [0.25, 0.3) is 0 Å². The number of anilines is 1. The van der Waals surface area contributed by atoms with Crippen molar-refractivity contribution in [3.8, 4) is 6.07 Å². The Labute approximate surface area is 106 Å². The van der Waals surface area contributed by atoms with E-state index in [9.17, 15) is 0 Å². The zero-order valence-corrected chi connectivity index (χ0v) is 10.6. The van der Waals surface area contributed by atoms with E-state index in [1.165, 1.54) is 5.56 Å². The zero-order valence-electron chi connectivity index (χ0n) is 9.73. The third-order valence-electron chi connectivity index (χ3n) is 2.60. The molecular weight excluding hydrogens is 228 g/mol. The number of rotatable bonds is 4. The number of aryl methyl sites for hydroxylation is 1. The standard InChI is InChI=1S/C14H14N2S/c1-11-2-3-14(13(8-11)9-15)16-6-4-12-5-7-17-10-12/h2-3,5,7-8,10,16H,4,6H2,1H3. The second-order valence-corrected chi connectivity index (χ2v) is 4.75. The van der Waals surface area contributed by atoms with Gasteiger partial charge in [0.15, 0.2) is 0 Å². The maximum atomic E-state index is 9.04. The van der Waals surface area contributed by atoms with Gasteiger partial charge in [0.2, 0.25) is 0 Å². The smallest absolute Gasteiger partial charge is 0.101 e. The first kappa shape index (κ1) is 11.7. The molecule has 0 saturated carbocycles. The average Bonchev–Trinajstić information content (AvgIpc) is 2.84. The minimum atomic E-state index is 0.718. The number of thiophene rings is 1. The van der Waals surface area contributed by atoms with Crippen molar-refractivity contribution in [1.82, 2.24) is 0 Å². The van der Waals surface area contributed by atoms with E-state index in [-0.39, 0.29) is 0 Å². The van der Waals surface area contributed by atoms with E-state index in [0.717, 1.165) is 29.8 Å². The lowest BCUT2D eigenvalue weighted by molar-refractivity contribution is 1.03. The number of hydrogen-bond donors (Lipinski definition) is 1. The van der Waals surface area contributed by atoms with Crippen LogP contribution in [0.3, 0.4) is 0 Å². The molecule has 2 nitrogen and oxygen atoms in total. The van der Waals surface area contributed by atoms with Crippen LogP contribution in [0.1, 0.15) is 16.7 Å². The fourth-order valence-corrected chi connectivity index (χ4v) is 2.38. The molecule has 0 bridgehead atoms. The Morgan fingerprint density at radius 3 is 2.94 bits per heavy atom. The Balaban J connectivity index is 1.97. The van der Waals surface area contributed by atoms with Gasteiger partial charge in [-0.3, -0.25) is 0 Å². The van der Waals surface area contributed by atoms with Crippen molar-refractivity contribution < 1.29 is 0 Å². The van der Waals surface area contributed by atoms with E-state index in [0.29, 0.717) is 0 Å². The molecule has 0 radical (unpaired) electrons. The predicted octanol–water partition coefficient (Wildman–Crippen LogP) is 3.58. The lowest BCUT2D eigenvalue weighted by atomic mass is 10.1. The minimum Gasteiger partial charge on any atom is -0.384 e. The average molecular weight is 242 g/mol. The maximum absolute atomic E-state index is 9.04. The van der Waals surface area contributed by atoms with Gasteiger partial charge in [-0.05, 0) is 53.4 Å². The maximum Gasteiger partial charge on any atom is 0.101 e. The third kappa shape index (κ3) is 3.08. The molecule has 2 rings (SSSR count). The van der Waals surface area contributed by atoms with Gasteiger partial charge in [0.05, 0.1) is 11.3 Å².